The van der Waals surface area contributed by atoms with Crippen LogP contribution >= 0.6 is 0 Å². The lowest BCUT2D eigenvalue weighted by Gasteiger charge is -2.08. The average molecular weight is 217 g/mol. The van der Waals surface area contributed by atoms with E-state index in [2.05, 4.69) is 5.32 Å². The van der Waals surface area contributed by atoms with E-state index in [-0.39, 0.29) is 0 Å². The van der Waals surface area contributed by atoms with E-state index < -0.39 is 16.0 Å². The summed E-state index contributed by atoms with van der Waals surface area (Å²) in [6, 6.07) is 6.84. The largest absolute Gasteiger partial charge is 0.495 e. The second-order valence-corrected chi connectivity index (χ2v) is 4.06. The molecule has 0 atom stereocenters. The summed E-state index contributed by atoms with van der Waals surface area (Å²) < 4.78 is 34.4. The molecule has 0 saturated carbocycles. The van der Waals surface area contributed by atoms with Crippen LogP contribution in [0.3, 0.4) is 0 Å². The van der Waals surface area contributed by atoms with Gasteiger partial charge in [-0.15, -0.1) is 0 Å². The Bertz CT molecular complexity index is 402. The summed E-state index contributed by atoms with van der Waals surface area (Å²) in [5.41, 5.74) is 0.521. The fraction of sp³-hybridized carbons (Fsp3) is 0.250. The van der Waals surface area contributed by atoms with Crippen molar-refractivity contribution >= 4 is 15.8 Å². The molecule has 2 N–H and O–H groups in total. The number of nitrogens with one attached hydrogen (secondary N) is 1. The van der Waals surface area contributed by atoms with E-state index in [0.29, 0.717) is 11.4 Å². The van der Waals surface area contributed by atoms with Crippen LogP contribution in [0.4, 0.5) is 5.69 Å². The summed E-state index contributed by atoms with van der Waals surface area (Å²) in [7, 11) is -2.53. The molecule has 0 aromatic heterocycles. The number of methoxy groups -OCH3 is 1. The number of hydrogen-bond acceptors (Lipinski definition) is 4. The maximum atomic E-state index is 10.5. The van der Waals surface area contributed by atoms with Crippen LogP contribution in [0.5, 0.6) is 5.75 Å². The second-order valence-electron chi connectivity index (χ2n) is 2.60. The maximum absolute atomic E-state index is 10.5. The molecule has 78 valence electrons. The standard InChI is InChI=1S/C8H11NO4S/c1-13-8-5-3-2-4-7(8)9-6-14(10,11)12/h2-5,9H,6H2,1H3,(H,10,11,12). The van der Waals surface area contributed by atoms with Gasteiger partial charge < -0.3 is 10.1 Å². The lowest BCUT2D eigenvalue weighted by molar-refractivity contribution is 0.416. The predicted molar refractivity (Wildman–Crippen MR) is 53.0 cm³/mol. The molecule has 0 heterocycles. The van der Waals surface area contributed by atoms with Crippen LogP contribution in [0.1, 0.15) is 0 Å². The molecular weight excluding hydrogens is 206 g/mol. The average Bonchev–Trinajstić information content (AvgIpc) is 2.14. The van der Waals surface area contributed by atoms with Crippen molar-refractivity contribution in [1.82, 2.24) is 0 Å². The summed E-state index contributed by atoms with van der Waals surface area (Å²) in [5, 5.41) is 2.54. The van der Waals surface area contributed by atoms with Gasteiger partial charge in [0.05, 0.1) is 12.8 Å². The van der Waals surface area contributed by atoms with E-state index in [1.54, 1.807) is 24.3 Å². The smallest absolute Gasteiger partial charge is 0.283 e. The molecule has 0 aliphatic rings. The Morgan fingerprint density at radius 2 is 2.07 bits per heavy atom. The quantitative estimate of drug-likeness (QED) is 0.734. The minimum absolute atomic E-state index is 0.521. The van der Waals surface area contributed by atoms with Crippen molar-refractivity contribution in [2.45, 2.75) is 0 Å². The van der Waals surface area contributed by atoms with Crippen LogP contribution in [0.25, 0.3) is 0 Å². The molecule has 14 heavy (non-hydrogen) atoms. The van der Waals surface area contributed by atoms with E-state index in [1.807, 2.05) is 0 Å². The second kappa shape index (κ2) is 4.30. The molecule has 0 amide bonds. The predicted octanol–water partition coefficient (Wildman–Crippen LogP) is 0.952. The molecule has 0 saturated heterocycles. The third-order valence-corrected chi connectivity index (χ3v) is 2.06. The number of anilines is 1. The fourth-order valence-electron chi connectivity index (χ4n) is 0.960. The van der Waals surface area contributed by atoms with Crippen LogP contribution in [0.2, 0.25) is 0 Å². The third kappa shape index (κ3) is 3.23. The Kier molecular flexibility index (Phi) is 3.32. The SMILES string of the molecule is COc1ccccc1NCS(=O)(=O)O. The van der Waals surface area contributed by atoms with E-state index >= 15 is 0 Å². The first-order valence-electron chi connectivity index (χ1n) is 3.85. The van der Waals surface area contributed by atoms with Crippen molar-refractivity contribution in [1.29, 1.82) is 0 Å². The van der Waals surface area contributed by atoms with E-state index in [4.69, 9.17) is 9.29 Å². The molecule has 0 fully saturated rings. The Hall–Kier alpha value is -1.27. The highest BCUT2D eigenvalue weighted by molar-refractivity contribution is 7.85. The molecule has 1 rings (SSSR count). The van der Waals surface area contributed by atoms with Crippen molar-refractivity contribution in [2.24, 2.45) is 0 Å². The Labute approximate surface area is 82.5 Å². The van der Waals surface area contributed by atoms with Crippen LogP contribution in [-0.4, -0.2) is 26.0 Å². The molecule has 0 bridgehead atoms. The van der Waals surface area contributed by atoms with Gasteiger partial charge in [-0.1, -0.05) is 12.1 Å². The van der Waals surface area contributed by atoms with Gasteiger partial charge in [0.2, 0.25) is 0 Å². The summed E-state index contributed by atoms with van der Waals surface area (Å²) in [5.74, 6) is -0.0101. The van der Waals surface area contributed by atoms with Gasteiger partial charge in [0, 0.05) is 0 Å². The van der Waals surface area contributed by atoms with Gasteiger partial charge in [-0.3, -0.25) is 4.55 Å². The van der Waals surface area contributed by atoms with Crippen LogP contribution < -0.4 is 10.1 Å². The van der Waals surface area contributed by atoms with Crippen LogP contribution in [0, 0.1) is 0 Å². The van der Waals surface area contributed by atoms with E-state index in [1.165, 1.54) is 7.11 Å². The molecule has 6 heteroatoms. The third-order valence-electron chi connectivity index (χ3n) is 1.55. The number of hydrogen-bond donors (Lipinski definition) is 2. The zero-order valence-corrected chi connectivity index (χ0v) is 8.41. The summed E-state index contributed by atoms with van der Waals surface area (Å²) in [4.78, 5) is 0. The van der Waals surface area contributed by atoms with E-state index in [0.717, 1.165) is 0 Å². The van der Waals surface area contributed by atoms with E-state index in [9.17, 15) is 8.42 Å². The van der Waals surface area contributed by atoms with Gasteiger partial charge in [-0.25, -0.2) is 0 Å². The molecular formula is C8H11NO4S. The molecule has 0 unspecified atom stereocenters. The van der Waals surface area contributed by atoms with Crippen molar-refractivity contribution in [2.75, 3.05) is 18.3 Å². The minimum Gasteiger partial charge on any atom is -0.495 e. The first kappa shape index (κ1) is 10.8. The molecule has 1 aromatic carbocycles. The van der Waals surface area contributed by atoms with Crippen molar-refractivity contribution in [3.8, 4) is 5.75 Å². The fourth-order valence-corrected chi connectivity index (χ4v) is 1.30. The summed E-state index contributed by atoms with van der Waals surface area (Å²) >= 11 is 0. The summed E-state index contributed by atoms with van der Waals surface area (Å²) in [6.45, 7) is 0. The normalized spacial score (nSPS) is 11.0. The highest BCUT2D eigenvalue weighted by Gasteiger charge is 2.06. The van der Waals surface area contributed by atoms with Crippen molar-refractivity contribution in [3.63, 3.8) is 0 Å². The summed E-state index contributed by atoms with van der Waals surface area (Å²) in [6.07, 6.45) is 0. The minimum atomic E-state index is -4.01. The number of para-hydroxylation sites is 2. The zero-order valence-electron chi connectivity index (χ0n) is 7.60. The molecule has 0 aliphatic carbocycles. The highest BCUT2D eigenvalue weighted by atomic mass is 32.2. The number of ether oxygens (including phenoxy) is 1. The lowest BCUT2D eigenvalue weighted by atomic mass is 10.3. The molecule has 0 spiro atoms. The Morgan fingerprint density at radius 3 is 2.64 bits per heavy atom. The van der Waals surface area contributed by atoms with Crippen LogP contribution in [0.15, 0.2) is 24.3 Å². The maximum Gasteiger partial charge on any atom is 0.283 e. The lowest BCUT2D eigenvalue weighted by Crippen LogP contribution is -2.13. The van der Waals surface area contributed by atoms with Gasteiger partial charge in [-0.2, -0.15) is 8.42 Å². The van der Waals surface area contributed by atoms with Crippen molar-refractivity contribution in [3.05, 3.63) is 24.3 Å². The Morgan fingerprint density at radius 1 is 1.43 bits per heavy atom. The molecule has 0 radical (unpaired) electrons. The first-order valence-corrected chi connectivity index (χ1v) is 5.46. The van der Waals surface area contributed by atoms with Gasteiger partial charge in [-0.05, 0) is 12.1 Å². The van der Waals surface area contributed by atoms with Gasteiger partial charge in [0.25, 0.3) is 10.1 Å². The van der Waals surface area contributed by atoms with Gasteiger partial charge in [0.15, 0.2) is 0 Å². The van der Waals surface area contributed by atoms with Gasteiger partial charge >= 0.3 is 0 Å². The molecule has 0 aliphatic heterocycles. The Balaban J connectivity index is 2.76. The monoisotopic (exact) mass is 217 g/mol. The van der Waals surface area contributed by atoms with Crippen molar-refractivity contribution < 1.29 is 17.7 Å². The molecule has 5 nitrogen and oxygen atoms in total. The highest BCUT2D eigenvalue weighted by Crippen LogP contribution is 2.22. The number of benzene rings is 1. The first-order chi connectivity index (χ1) is 6.53. The zero-order chi connectivity index (χ0) is 10.6. The van der Waals surface area contributed by atoms with Gasteiger partial charge in [0.1, 0.15) is 11.6 Å². The number of rotatable bonds is 4. The van der Waals surface area contributed by atoms with Crippen LogP contribution in [-0.2, 0) is 10.1 Å². The topological polar surface area (TPSA) is 75.6 Å². The molecule has 1 aromatic rings.